The van der Waals surface area contributed by atoms with Gasteiger partial charge in [-0.25, -0.2) is 4.79 Å². The van der Waals surface area contributed by atoms with Gasteiger partial charge in [0.1, 0.15) is 6.04 Å². The zero-order chi connectivity index (χ0) is 28.6. The van der Waals surface area contributed by atoms with Gasteiger partial charge in [-0.2, -0.15) is 0 Å². The molecule has 0 aromatic heterocycles. The first-order valence-corrected chi connectivity index (χ1v) is 13.2. The maximum atomic E-state index is 13.6. The monoisotopic (exact) mass is 561 g/mol. The van der Waals surface area contributed by atoms with Crippen molar-refractivity contribution in [3.05, 3.63) is 83.9 Å². The highest BCUT2D eigenvalue weighted by molar-refractivity contribution is 7.80. The average molecular weight is 562 g/mol. The van der Waals surface area contributed by atoms with Crippen molar-refractivity contribution in [2.24, 2.45) is 0 Å². The van der Waals surface area contributed by atoms with Crippen LogP contribution < -0.4 is 19.7 Å². The van der Waals surface area contributed by atoms with E-state index in [1.807, 2.05) is 48.5 Å². The van der Waals surface area contributed by atoms with Crippen molar-refractivity contribution in [1.82, 2.24) is 4.90 Å². The summed E-state index contributed by atoms with van der Waals surface area (Å²) in [5, 5.41) is 3.16. The molecule has 1 aliphatic rings. The Kier molecular flexibility index (Phi) is 9.34. The fraction of sp³-hybridized carbons (Fsp3) is 0.267. The number of carbonyl (C=O) groups is 3. The van der Waals surface area contributed by atoms with Gasteiger partial charge in [-0.15, -0.1) is 0 Å². The fourth-order valence-corrected chi connectivity index (χ4v) is 4.89. The standard InChI is InChI=1S/C30H31N3O6S/c1-4-39-29(36)21-11-13-22(14-12-21)31-27(34)19-24-28(35)33(23-8-6-5-7-9-23)30(40)32(24)17-16-20-10-15-25(37-2)26(18-20)38-3/h5-15,18,24H,4,16-17,19H2,1-3H3,(H,31,34). The number of anilines is 2. The third kappa shape index (κ3) is 6.40. The number of nitrogens with one attached hydrogen (secondary N) is 1. The van der Waals surface area contributed by atoms with Crippen molar-refractivity contribution in [1.29, 1.82) is 0 Å². The number of hydrogen-bond acceptors (Lipinski definition) is 7. The Hall–Kier alpha value is -4.44. The van der Waals surface area contributed by atoms with Crippen molar-refractivity contribution in [2.45, 2.75) is 25.8 Å². The van der Waals surface area contributed by atoms with Gasteiger partial charge in [-0.3, -0.25) is 14.5 Å². The second kappa shape index (κ2) is 13.1. The van der Waals surface area contributed by atoms with Crippen LogP contribution in [-0.2, 0) is 20.7 Å². The molecule has 2 amide bonds. The summed E-state index contributed by atoms with van der Waals surface area (Å²) >= 11 is 5.76. The first-order chi connectivity index (χ1) is 19.4. The number of carbonyl (C=O) groups excluding carboxylic acids is 3. The van der Waals surface area contributed by atoms with Gasteiger partial charge >= 0.3 is 5.97 Å². The zero-order valence-corrected chi connectivity index (χ0v) is 23.4. The van der Waals surface area contributed by atoms with Gasteiger partial charge in [0, 0.05) is 12.2 Å². The summed E-state index contributed by atoms with van der Waals surface area (Å²) in [6.07, 6.45) is 0.456. The summed E-state index contributed by atoms with van der Waals surface area (Å²) in [5.41, 5.74) is 2.50. The number of hydrogen-bond donors (Lipinski definition) is 1. The van der Waals surface area contributed by atoms with E-state index in [0.29, 0.717) is 46.5 Å². The van der Waals surface area contributed by atoms with Gasteiger partial charge in [0.05, 0.1) is 38.5 Å². The molecule has 0 spiro atoms. The van der Waals surface area contributed by atoms with E-state index in [4.69, 9.17) is 26.4 Å². The molecule has 1 heterocycles. The van der Waals surface area contributed by atoms with Crippen LogP contribution in [-0.4, -0.2) is 61.2 Å². The topological polar surface area (TPSA) is 97.4 Å². The Morgan fingerprint density at radius 3 is 2.30 bits per heavy atom. The molecule has 1 atom stereocenters. The van der Waals surface area contributed by atoms with Gasteiger partial charge < -0.3 is 24.4 Å². The Balaban J connectivity index is 1.51. The number of benzene rings is 3. The molecule has 1 saturated heterocycles. The molecule has 3 aromatic carbocycles. The van der Waals surface area contributed by atoms with Crippen LogP contribution >= 0.6 is 12.2 Å². The molecule has 40 heavy (non-hydrogen) atoms. The maximum Gasteiger partial charge on any atom is 0.338 e. The van der Waals surface area contributed by atoms with Gasteiger partial charge in [0.25, 0.3) is 5.91 Å². The molecule has 10 heteroatoms. The van der Waals surface area contributed by atoms with Crippen LogP contribution in [0.25, 0.3) is 0 Å². The van der Waals surface area contributed by atoms with Crippen molar-refractivity contribution >= 4 is 46.5 Å². The van der Waals surface area contributed by atoms with E-state index < -0.39 is 12.0 Å². The van der Waals surface area contributed by atoms with Crippen LogP contribution in [0.1, 0.15) is 29.3 Å². The highest BCUT2D eigenvalue weighted by atomic mass is 32.1. The second-order valence-corrected chi connectivity index (χ2v) is 9.36. The summed E-state index contributed by atoms with van der Waals surface area (Å²) in [5.74, 6) is 0.179. The molecule has 0 aliphatic carbocycles. The normalized spacial score (nSPS) is 14.7. The predicted molar refractivity (Wildman–Crippen MR) is 156 cm³/mol. The molecule has 0 radical (unpaired) electrons. The van der Waals surface area contributed by atoms with Crippen LogP contribution in [0, 0.1) is 0 Å². The number of ether oxygens (including phenoxy) is 3. The minimum atomic E-state index is -0.786. The van der Waals surface area contributed by atoms with Crippen molar-refractivity contribution < 1.29 is 28.6 Å². The minimum absolute atomic E-state index is 0.103. The number of amides is 2. The average Bonchev–Trinajstić information content (AvgIpc) is 3.20. The first-order valence-electron chi connectivity index (χ1n) is 12.8. The van der Waals surface area contributed by atoms with Crippen LogP contribution in [0.15, 0.2) is 72.8 Å². The van der Waals surface area contributed by atoms with Crippen LogP contribution in [0.4, 0.5) is 11.4 Å². The van der Waals surface area contributed by atoms with E-state index in [2.05, 4.69) is 5.32 Å². The summed E-state index contributed by atoms with van der Waals surface area (Å²) in [7, 11) is 3.15. The highest BCUT2D eigenvalue weighted by Gasteiger charge is 2.43. The molecule has 1 unspecified atom stereocenters. The summed E-state index contributed by atoms with van der Waals surface area (Å²) in [6.45, 7) is 2.42. The predicted octanol–water partition coefficient (Wildman–Crippen LogP) is 4.45. The van der Waals surface area contributed by atoms with Crippen LogP contribution in [0.5, 0.6) is 11.5 Å². The lowest BCUT2D eigenvalue weighted by molar-refractivity contribution is -0.124. The van der Waals surface area contributed by atoms with E-state index in [9.17, 15) is 14.4 Å². The number of methoxy groups -OCH3 is 2. The quantitative estimate of drug-likeness (QED) is 0.271. The van der Waals surface area contributed by atoms with E-state index in [-0.39, 0.29) is 24.8 Å². The molecule has 9 nitrogen and oxygen atoms in total. The van der Waals surface area contributed by atoms with E-state index in [0.717, 1.165) is 5.56 Å². The molecule has 1 N–H and O–H groups in total. The smallest absolute Gasteiger partial charge is 0.338 e. The molecule has 0 bridgehead atoms. The molecule has 1 fully saturated rings. The van der Waals surface area contributed by atoms with Crippen molar-refractivity contribution in [3.8, 4) is 11.5 Å². The Morgan fingerprint density at radius 1 is 0.950 bits per heavy atom. The summed E-state index contributed by atoms with van der Waals surface area (Å²) in [6, 6.07) is 20.4. The second-order valence-electron chi connectivity index (χ2n) is 8.99. The number of rotatable bonds is 11. The molecule has 3 aromatic rings. The third-order valence-corrected chi connectivity index (χ3v) is 6.90. The summed E-state index contributed by atoms with van der Waals surface area (Å²) in [4.78, 5) is 41.9. The number of thiocarbonyl (C=S) groups is 1. The number of nitrogens with zero attached hydrogens (tertiary/aromatic N) is 2. The SMILES string of the molecule is CCOC(=O)c1ccc(NC(=O)CC2C(=O)N(c3ccccc3)C(=S)N2CCc2ccc(OC)c(OC)c2)cc1. The molecule has 208 valence electrons. The van der Waals surface area contributed by atoms with Crippen molar-refractivity contribution in [2.75, 3.05) is 37.6 Å². The molecular weight excluding hydrogens is 530 g/mol. The Bertz CT molecular complexity index is 1380. The van der Waals surface area contributed by atoms with Crippen LogP contribution in [0.3, 0.4) is 0 Å². The summed E-state index contributed by atoms with van der Waals surface area (Å²) < 4.78 is 15.7. The largest absolute Gasteiger partial charge is 0.493 e. The molecule has 1 aliphatic heterocycles. The Morgan fingerprint density at radius 2 is 1.65 bits per heavy atom. The molecule has 0 saturated carbocycles. The Labute approximate surface area is 238 Å². The fourth-order valence-electron chi connectivity index (χ4n) is 4.48. The zero-order valence-electron chi connectivity index (χ0n) is 22.6. The number of para-hydroxylation sites is 1. The highest BCUT2D eigenvalue weighted by Crippen LogP contribution is 2.30. The maximum absolute atomic E-state index is 13.6. The molecular formula is C30H31N3O6S. The lowest BCUT2D eigenvalue weighted by atomic mass is 10.1. The van der Waals surface area contributed by atoms with E-state index in [1.54, 1.807) is 50.3 Å². The van der Waals surface area contributed by atoms with Gasteiger partial charge in [-0.1, -0.05) is 24.3 Å². The van der Waals surface area contributed by atoms with Gasteiger partial charge in [0.15, 0.2) is 16.6 Å². The minimum Gasteiger partial charge on any atom is -0.493 e. The lowest BCUT2D eigenvalue weighted by Crippen LogP contribution is -2.39. The van der Waals surface area contributed by atoms with E-state index in [1.165, 1.54) is 4.90 Å². The lowest BCUT2D eigenvalue weighted by Gasteiger charge is -2.24. The van der Waals surface area contributed by atoms with Gasteiger partial charge in [0.2, 0.25) is 5.91 Å². The number of esters is 1. The molecule has 4 rings (SSSR count). The van der Waals surface area contributed by atoms with Crippen molar-refractivity contribution in [3.63, 3.8) is 0 Å². The van der Waals surface area contributed by atoms with Crippen LogP contribution in [0.2, 0.25) is 0 Å². The van der Waals surface area contributed by atoms with E-state index >= 15 is 0 Å². The van der Waals surface area contributed by atoms with Gasteiger partial charge in [-0.05, 0) is 79.7 Å². The third-order valence-electron chi connectivity index (χ3n) is 6.48. The first kappa shape index (κ1) is 28.6.